The van der Waals surface area contributed by atoms with Gasteiger partial charge in [-0.05, 0) is 6.42 Å². The van der Waals surface area contributed by atoms with Crippen LogP contribution < -0.4 is 10.5 Å². The van der Waals surface area contributed by atoms with Crippen LogP contribution in [0.5, 0.6) is 5.88 Å². The first-order valence-electron chi connectivity index (χ1n) is 4.76. The second kappa shape index (κ2) is 6.47. The minimum Gasteiger partial charge on any atom is -0.476 e. The number of hydrogen-bond acceptors (Lipinski definition) is 6. The summed E-state index contributed by atoms with van der Waals surface area (Å²) in [6.45, 7) is 2.70. The topological polar surface area (TPSA) is 81.3 Å². The van der Waals surface area contributed by atoms with Crippen LogP contribution >= 0.6 is 11.8 Å². The number of anilines is 1. The molecule has 1 heterocycles. The van der Waals surface area contributed by atoms with Crippen LogP contribution in [0.15, 0.2) is 11.4 Å². The molecule has 0 aliphatic heterocycles. The van der Waals surface area contributed by atoms with Crippen molar-refractivity contribution in [3.05, 3.63) is 6.33 Å². The van der Waals surface area contributed by atoms with E-state index in [9.17, 15) is 0 Å². The number of rotatable bonds is 6. The van der Waals surface area contributed by atoms with Crippen LogP contribution in [0.1, 0.15) is 13.3 Å². The molecule has 0 unspecified atom stereocenters. The van der Waals surface area contributed by atoms with E-state index in [1.807, 2.05) is 6.92 Å². The van der Waals surface area contributed by atoms with Gasteiger partial charge in [0.15, 0.2) is 0 Å². The standard InChI is InChI=1S/C9H15N3O2S/c1-2-4-14-8-7(10)9(12-6-11-8)15-5-3-13/h6,13H,2-5,10H2,1H3. The summed E-state index contributed by atoms with van der Waals surface area (Å²) in [7, 11) is 0. The molecule has 0 spiro atoms. The molecule has 15 heavy (non-hydrogen) atoms. The predicted molar refractivity (Wildman–Crippen MR) is 60.0 cm³/mol. The highest BCUT2D eigenvalue weighted by atomic mass is 32.2. The summed E-state index contributed by atoms with van der Waals surface area (Å²) in [5, 5.41) is 9.35. The number of aliphatic hydroxyl groups excluding tert-OH is 1. The summed E-state index contributed by atoms with van der Waals surface area (Å²) in [5.41, 5.74) is 6.26. The Morgan fingerprint density at radius 2 is 2.33 bits per heavy atom. The summed E-state index contributed by atoms with van der Waals surface area (Å²) < 4.78 is 5.35. The summed E-state index contributed by atoms with van der Waals surface area (Å²) in [5.74, 6) is 0.987. The molecule has 0 aliphatic rings. The van der Waals surface area contributed by atoms with Gasteiger partial charge in [-0.3, -0.25) is 0 Å². The molecule has 1 aromatic rings. The van der Waals surface area contributed by atoms with E-state index in [2.05, 4.69) is 9.97 Å². The van der Waals surface area contributed by atoms with Crippen LogP contribution in [0.2, 0.25) is 0 Å². The molecule has 0 aromatic carbocycles. The van der Waals surface area contributed by atoms with Crippen molar-refractivity contribution in [2.24, 2.45) is 0 Å². The first-order valence-corrected chi connectivity index (χ1v) is 5.75. The van der Waals surface area contributed by atoms with Gasteiger partial charge in [-0.2, -0.15) is 4.98 Å². The van der Waals surface area contributed by atoms with Crippen molar-refractivity contribution in [1.82, 2.24) is 9.97 Å². The zero-order valence-corrected chi connectivity index (χ0v) is 9.46. The van der Waals surface area contributed by atoms with Crippen molar-refractivity contribution in [2.45, 2.75) is 18.4 Å². The molecule has 0 saturated heterocycles. The van der Waals surface area contributed by atoms with Crippen LogP contribution in [0.25, 0.3) is 0 Å². The van der Waals surface area contributed by atoms with E-state index < -0.39 is 0 Å². The predicted octanol–water partition coefficient (Wildman–Crippen LogP) is 0.932. The third-order valence-corrected chi connectivity index (χ3v) is 2.57. The van der Waals surface area contributed by atoms with Gasteiger partial charge in [-0.15, -0.1) is 11.8 Å². The van der Waals surface area contributed by atoms with E-state index in [-0.39, 0.29) is 6.61 Å². The van der Waals surface area contributed by atoms with Crippen LogP contribution in [0, 0.1) is 0 Å². The molecule has 0 bridgehead atoms. The van der Waals surface area contributed by atoms with Gasteiger partial charge in [0, 0.05) is 5.75 Å². The molecular formula is C9H15N3O2S. The average Bonchev–Trinajstić information content (AvgIpc) is 2.26. The molecule has 84 valence electrons. The highest BCUT2D eigenvalue weighted by molar-refractivity contribution is 7.99. The molecule has 0 saturated carbocycles. The number of nitrogen functional groups attached to an aromatic ring is 1. The monoisotopic (exact) mass is 229 g/mol. The molecule has 0 radical (unpaired) electrons. The Labute approximate surface area is 93.1 Å². The van der Waals surface area contributed by atoms with Gasteiger partial charge in [0.2, 0.25) is 5.88 Å². The molecule has 0 amide bonds. The Morgan fingerprint density at radius 1 is 1.53 bits per heavy atom. The lowest BCUT2D eigenvalue weighted by atomic mass is 10.5. The molecule has 1 rings (SSSR count). The lowest BCUT2D eigenvalue weighted by molar-refractivity contribution is 0.305. The van der Waals surface area contributed by atoms with Gasteiger partial charge in [0.25, 0.3) is 0 Å². The first kappa shape index (κ1) is 12.1. The Balaban J connectivity index is 2.71. The fraction of sp³-hybridized carbons (Fsp3) is 0.556. The van der Waals surface area contributed by atoms with Gasteiger partial charge in [-0.1, -0.05) is 6.92 Å². The van der Waals surface area contributed by atoms with Crippen molar-refractivity contribution in [2.75, 3.05) is 24.7 Å². The fourth-order valence-corrected chi connectivity index (χ4v) is 1.58. The number of thioether (sulfide) groups is 1. The van der Waals surface area contributed by atoms with E-state index in [0.29, 0.717) is 29.0 Å². The number of aromatic nitrogens is 2. The Morgan fingerprint density at radius 3 is 3.00 bits per heavy atom. The molecule has 6 heteroatoms. The molecule has 3 N–H and O–H groups in total. The number of aliphatic hydroxyl groups is 1. The molecule has 5 nitrogen and oxygen atoms in total. The summed E-state index contributed by atoms with van der Waals surface area (Å²) in [6, 6.07) is 0. The van der Waals surface area contributed by atoms with E-state index in [4.69, 9.17) is 15.6 Å². The molecular weight excluding hydrogens is 214 g/mol. The average molecular weight is 229 g/mol. The van der Waals surface area contributed by atoms with E-state index in [1.165, 1.54) is 18.1 Å². The maximum Gasteiger partial charge on any atom is 0.241 e. The lowest BCUT2D eigenvalue weighted by Gasteiger charge is -2.08. The van der Waals surface area contributed by atoms with E-state index >= 15 is 0 Å². The highest BCUT2D eigenvalue weighted by Crippen LogP contribution is 2.28. The van der Waals surface area contributed by atoms with Crippen LogP contribution in [0.3, 0.4) is 0 Å². The van der Waals surface area contributed by atoms with Crippen LogP contribution in [0.4, 0.5) is 5.69 Å². The lowest BCUT2D eigenvalue weighted by Crippen LogP contribution is -2.04. The molecule has 1 aromatic heterocycles. The van der Waals surface area contributed by atoms with Gasteiger partial charge in [-0.25, -0.2) is 4.98 Å². The second-order valence-corrected chi connectivity index (χ2v) is 3.90. The third-order valence-electron chi connectivity index (χ3n) is 1.58. The smallest absolute Gasteiger partial charge is 0.241 e. The Bertz CT molecular complexity index is 283. The normalized spacial score (nSPS) is 10.3. The largest absolute Gasteiger partial charge is 0.476 e. The van der Waals surface area contributed by atoms with Crippen molar-refractivity contribution in [3.63, 3.8) is 0 Å². The van der Waals surface area contributed by atoms with E-state index in [0.717, 1.165) is 6.42 Å². The zero-order valence-electron chi connectivity index (χ0n) is 8.64. The van der Waals surface area contributed by atoms with Crippen molar-refractivity contribution < 1.29 is 9.84 Å². The van der Waals surface area contributed by atoms with Crippen molar-refractivity contribution in [1.29, 1.82) is 0 Å². The SMILES string of the molecule is CCCOc1ncnc(SCCO)c1N. The fourth-order valence-electron chi connectivity index (χ4n) is 0.935. The number of nitrogens with zero attached hydrogens (tertiary/aromatic N) is 2. The number of ether oxygens (including phenoxy) is 1. The van der Waals surface area contributed by atoms with Gasteiger partial charge in [0.1, 0.15) is 17.0 Å². The van der Waals surface area contributed by atoms with Gasteiger partial charge in [0.05, 0.1) is 13.2 Å². The quantitative estimate of drug-likeness (QED) is 0.558. The zero-order chi connectivity index (χ0) is 11.1. The van der Waals surface area contributed by atoms with Gasteiger partial charge < -0.3 is 15.6 Å². The summed E-state index contributed by atoms with van der Waals surface area (Å²) >= 11 is 1.39. The second-order valence-electron chi connectivity index (χ2n) is 2.82. The third kappa shape index (κ3) is 3.56. The Kier molecular flexibility index (Phi) is 5.20. The Hall–Kier alpha value is -1.01. The maximum atomic E-state index is 8.69. The minimum atomic E-state index is 0.0965. The van der Waals surface area contributed by atoms with Crippen molar-refractivity contribution in [3.8, 4) is 5.88 Å². The van der Waals surface area contributed by atoms with Crippen molar-refractivity contribution >= 4 is 17.4 Å². The first-order chi connectivity index (χ1) is 7.29. The highest BCUT2D eigenvalue weighted by Gasteiger charge is 2.08. The molecule has 0 atom stereocenters. The van der Waals surface area contributed by atoms with Gasteiger partial charge >= 0.3 is 0 Å². The minimum absolute atomic E-state index is 0.0965. The van der Waals surface area contributed by atoms with E-state index in [1.54, 1.807) is 0 Å². The summed E-state index contributed by atoms with van der Waals surface area (Å²) in [6.07, 6.45) is 2.32. The number of nitrogens with two attached hydrogens (primary N) is 1. The molecule has 0 fully saturated rings. The molecule has 0 aliphatic carbocycles. The van der Waals surface area contributed by atoms with Crippen LogP contribution in [-0.2, 0) is 0 Å². The maximum absolute atomic E-state index is 8.69. The van der Waals surface area contributed by atoms with Crippen LogP contribution in [-0.4, -0.2) is 34.0 Å². The summed E-state index contributed by atoms with van der Waals surface area (Å²) in [4.78, 5) is 7.97. The number of hydrogen-bond donors (Lipinski definition) is 2.